The molecule has 0 fully saturated rings. The molecule has 0 aliphatic rings. The summed E-state index contributed by atoms with van der Waals surface area (Å²) in [5.41, 5.74) is 7.79. The predicted octanol–water partition coefficient (Wildman–Crippen LogP) is 2.76. The predicted molar refractivity (Wildman–Crippen MR) is 68.2 cm³/mol. The first-order valence-corrected chi connectivity index (χ1v) is 6.34. The number of halogens is 3. The fourth-order valence-corrected chi connectivity index (χ4v) is 2.85. The molecule has 2 heterocycles. The van der Waals surface area contributed by atoms with E-state index in [-0.39, 0.29) is 4.96 Å². The molecule has 2 aromatic heterocycles. The first-order valence-electron chi connectivity index (χ1n) is 5.53. The van der Waals surface area contributed by atoms with Gasteiger partial charge in [0.2, 0.25) is 4.96 Å². The third-order valence-corrected chi connectivity index (χ3v) is 3.68. The van der Waals surface area contributed by atoms with Crippen LogP contribution in [0.25, 0.3) is 15.5 Å². The van der Waals surface area contributed by atoms with E-state index in [1.165, 1.54) is 0 Å². The summed E-state index contributed by atoms with van der Waals surface area (Å²) in [6.45, 7) is 1.82. The summed E-state index contributed by atoms with van der Waals surface area (Å²) in [5.74, 6) is -1.14. The molecule has 20 heavy (non-hydrogen) atoms. The molecule has 0 amide bonds. The number of benzene rings is 1. The molecule has 9 heteroatoms. The van der Waals surface area contributed by atoms with Gasteiger partial charge in [0.25, 0.3) is 5.82 Å². The number of nitrogen functional groups attached to an aromatic ring is 1. The van der Waals surface area contributed by atoms with E-state index in [9.17, 15) is 13.2 Å². The highest BCUT2D eigenvalue weighted by Crippen LogP contribution is 2.35. The molecule has 0 unspecified atom stereocenters. The smallest absolute Gasteiger partial charge is 0.398 e. The number of fused-ring (bicyclic) bond motifs is 1. The first-order chi connectivity index (χ1) is 9.38. The Bertz CT molecular complexity index is 769. The second-order valence-corrected chi connectivity index (χ2v) is 5.12. The van der Waals surface area contributed by atoms with Crippen molar-refractivity contribution >= 4 is 22.0 Å². The molecule has 5 nitrogen and oxygen atoms in total. The molecule has 0 bridgehead atoms. The number of nitrogens with zero attached hydrogens (tertiary/aromatic N) is 4. The Labute approximate surface area is 114 Å². The van der Waals surface area contributed by atoms with Crippen molar-refractivity contribution in [2.75, 3.05) is 5.73 Å². The molecular formula is C11H8F3N5S. The maximum Gasteiger partial charge on any atom is 0.453 e. The van der Waals surface area contributed by atoms with Crippen LogP contribution >= 0.6 is 11.3 Å². The number of nitrogens with two attached hydrogens (primary N) is 1. The van der Waals surface area contributed by atoms with Gasteiger partial charge in [0.1, 0.15) is 5.01 Å². The van der Waals surface area contributed by atoms with Crippen LogP contribution in [0.15, 0.2) is 18.2 Å². The molecular weight excluding hydrogens is 291 g/mol. The molecule has 2 N–H and O–H groups in total. The minimum absolute atomic E-state index is 0.0787. The lowest BCUT2D eigenvalue weighted by Crippen LogP contribution is -2.11. The second-order valence-electron chi connectivity index (χ2n) is 4.16. The Morgan fingerprint density at radius 3 is 2.65 bits per heavy atom. The first kappa shape index (κ1) is 12.9. The van der Waals surface area contributed by atoms with Crippen LogP contribution in [0.5, 0.6) is 0 Å². The summed E-state index contributed by atoms with van der Waals surface area (Å²) in [6.07, 6.45) is -4.60. The highest BCUT2D eigenvalue weighted by molar-refractivity contribution is 7.19. The van der Waals surface area contributed by atoms with Gasteiger partial charge in [-0.3, -0.25) is 0 Å². The number of anilines is 1. The molecule has 3 aromatic rings. The lowest BCUT2D eigenvalue weighted by molar-refractivity contribution is -0.146. The summed E-state index contributed by atoms with van der Waals surface area (Å²) < 4.78 is 38.9. The molecule has 0 saturated heterocycles. The summed E-state index contributed by atoms with van der Waals surface area (Å²) in [7, 11) is 0. The number of aromatic nitrogens is 4. The van der Waals surface area contributed by atoms with Gasteiger partial charge >= 0.3 is 6.18 Å². The van der Waals surface area contributed by atoms with Crippen LogP contribution in [0.1, 0.15) is 11.4 Å². The SMILES string of the molecule is Cc1cccc(N)c1-c1nn2c(C(F)(F)F)nnc2s1. The molecule has 104 valence electrons. The van der Waals surface area contributed by atoms with E-state index in [2.05, 4.69) is 15.3 Å². The van der Waals surface area contributed by atoms with Crippen LogP contribution in [-0.4, -0.2) is 19.8 Å². The number of hydrogen-bond acceptors (Lipinski definition) is 5. The Morgan fingerprint density at radius 1 is 1.25 bits per heavy atom. The normalized spacial score (nSPS) is 12.2. The van der Waals surface area contributed by atoms with E-state index in [4.69, 9.17) is 5.73 Å². The van der Waals surface area contributed by atoms with E-state index in [0.717, 1.165) is 16.9 Å². The molecule has 1 aromatic carbocycles. The van der Waals surface area contributed by atoms with E-state index < -0.39 is 12.0 Å². The number of alkyl halides is 3. The van der Waals surface area contributed by atoms with Crippen molar-refractivity contribution in [2.24, 2.45) is 0 Å². The molecule has 3 rings (SSSR count). The van der Waals surface area contributed by atoms with Crippen molar-refractivity contribution in [1.29, 1.82) is 0 Å². The average molecular weight is 299 g/mol. The molecule has 0 radical (unpaired) electrons. The number of aryl methyl sites for hydroxylation is 1. The zero-order valence-electron chi connectivity index (χ0n) is 10.1. The van der Waals surface area contributed by atoms with Gasteiger partial charge in [-0.15, -0.1) is 10.2 Å². The monoisotopic (exact) mass is 299 g/mol. The van der Waals surface area contributed by atoms with Crippen LogP contribution in [0.3, 0.4) is 0 Å². The standard InChI is InChI=1S/C11H8F3N5S/c1-5-3-2-4-6(15)7(5)8-18-19-9(11(12,13)14)16-17-10(19)20-8/h2-4H,15H2,1H3. The van der Waals surface area contributed by atoms with E-state index in [1.54, 1.807) is 12.1 Å². The highest BCUT2D eigenvalue weighted by atomic mass is 32.1. The van der Waals surface area contributed by atoms with Crippen LogP contribution in [0, 0.1) is 6.92 Å². The lowest BCUT2D eigenvalue weighted by atomic mass is 10.1. The van der Waals surface area contributed by atoms with E-state index in [1.807, 2.05) is 13.0 Å². The Balaban J connectivity index is 2.22. The Hall–Kier alpha value is -2.16. The summed E-state index contributed by atoms with van der Waals surface area (Å²) in [6, 6.07) is 5.27. The second kappa shape index (κ2) is 4.17. The minimum Gasteiger partial charge on any atom is -0.398 e. The zero-order valence-corrected chi connectivity index (χ0v) is 11.0. The van der Waals surface area contributed by atoms with Gasteiger partial charge in [-0.05, 0) is 18.6 Å². The van der Waals surface area contributed by atoms with Crippen LogP contribution in [0.4, 0.5) is 18.9 Å². The largest absolute Gasteiger partial charge is 0.453 e. The van der Waals surface area contributed by atoms with Crippen molar-refractivity contribution in [3.05, 3.63) is 29.6 Å². The van der Waals surface area contributed by atoms with Crippen molar-refractivity contribution in [1.82, 2.24) is 19.8 Å². The van der Waals surface area contributed by atoms with Gasteiger partial charge in [-0.1, -0.05) is 23.5 Å². The van der Waals surface area contributed by atoms with Gasteiger partial charge in [-0.25, -0.2) is 0 Å². The van der Waals surface area contributed by atoms with Crippen LogP contribution < -0.4 is 5.73 Å². The van der Waals surface area contributed by atoms with Crippen LogP contribution in [0.2, 0.25) is 0 Å². The summed E-state index contributed by atoms with van der Waals surface area (Å²) >= 11 is 1.01. The fourth-order valence-electron chi connectivity index (χ4n) is 1.88. The van der Waals surface area contributed by atoms with Crippen molar-refractivity contribution in [3.63, 3.8) is 0 Å². The van der Waals surface area contributed by atoms with Gasteiger partial charge in [0.15, 0.2) is 0 Å². The van der Waals surface area contributed by atoms with Gasteiger partial charge < -0.3 is 5.73 Å². The molecule has 0 aliphatic carbocycles. The minimum atomic E-state index is -4.60. The van der Waals surface area contributed by atoms with Crippen molar-refractivity contribution in [3.8, 4) is 10.6 Å². The van der Waals surface area contributed by atoms with Gasteiger partial charge in [0.05, 0.1) is 0 Å². The molecule has 0 aliphatic heterocycles. The van der Waals surface area contributed by atoms with E-state index in [0.29, 0.717) is 20.8 Å². The number of hydrogen-bond donors (Lipinski definition) is 1. The Kier molecular flexibility index (Phi) is 2.68. The zero-order chi connectivity index (χ0) is 14.5. The average Bonchev–Trinajstić information content (AvgIpc) is 2.86. The maximum absolute atomic E-state index is 12.7. The fraction of sp³-hybridized carbons (Fsp3) is 0.182. The van der Waals surface area contributed by atoms with Gasteiger partial charge in [0, 0.05) is 11.3 Å². The quantitative estimate of drug-likeness (QED) is 0.701. The summed E-state index contributed by atoms with van der Waals surface area (Å²) in [4.78, 5) is 0.0787. The maximum atomic E-state index is 12.7. The highest BCUT2D eigenvalue weighted by Gasteiger charge is 2.38. The van der Waals surface area contributed by atoms with Gasteiger partial charge in [-0.2, -0.15) is 22.8 Å². The Morgan fingerprint density at radius 2 is 2.00 bits per heavy atom. The third kappa shape index (κ3) is 1.90. The molecule has 0 atom stereocenters. The molecule has 0 spiro atoms. The number of rotatable bonds is 1. The van der Waals surface area contributed by atoms with Crippen molar-refractivity contribution < 1.29 is 13.2 Å². The molecule has 0 saturated carbocycles. The third-order valence-electron chi connectivity index (χ3n) is 2.76. The summed E-state index contributed by atoms with van der Waals surface area (Å²) in [5, 5.41) is 10.9. The van der Waals surface area contributed by atoms with E-state index >= 15 is 0 Å². The topological polar surface area (TPSA) is 69.1 Å². The lowest BCUT2D eigenvalue weighted by Gasteiger charge is -2.05. The van der Waals surface area contributed by atoms with Crippen molar-refractivity contribution in [2.45, 2.75) is 13.1 Å². The van der Waals surface area contributed by atoms with Crippen LogP contribution in [-0.2, 0) is 6.18 Å².